The van der Waals surface area contributed by atoms with Crippen LogP contribution < -0.4 is 5.73 Å². The van der Waals surface area contributed by atoms with Crippen LogP contribution in [0.2, 0.25) is 0 Å². The molecule has 0 spiro atoms. The lowest BCUT2D eigenvalue weighted by atomic mass is 10.0. The number of hydrogen-bond donors (Lipinski definition) is 1. The van der Waals surface area contributed by atoms with Crippen LogP contribution in [0.1, 0.15) is 44.2 Å². The number of nitrogens with zero attached hydrogens (tertiary/aromatic N) is 1. The third-order valence-corrected chi connectivity index (χ3v) is 4.13. The SMILES string of the molecule is CCCN(CCC(N)c1ccc(Br)cc1)C1CC1. The van der Waals surface area contributed by atoms with E-state index in [0.717, 1.165) is 23.5 Å². The lowest BCUT2D eigenvalue weighted by Crippen LogP contribution is -2.30. The molecule has 1 aromatic carbocycles. The van der Waals surface area contributed by atoms with Crippen molar-refractivity contribution in [3.8, 4) is 0 Å². The third kappa shape index (κ3) is 4.08. The number of rotatable bonds is 7. The summed E-state index contributed by atoms with van der Waals surface area (Å²) in [6, 6.07) is 9.39. The minimum Gasteiger partial charge on any atom is -0.324 e. The first-order valence-corrected chi connectivity index (χ1v) is 7.75. The summed E-state index contributed by atoms with van der Waals surface area (Å²) in [6.45, 7) is 4.61. The molecular weight excluding hydrogens is 288 g/mol. The van der Waals surface area contributed by atoms with Crippen LogP contribution in [-0.2, 0) is 0 Å². The number of nitrogens with two attached hydrogens (primary N) is 1. The fraction of sp³-hybridized carbons (Fsp3) is 0.600. The van der Waals surface area contributed by atoms with Crippen LogP contribution >= 0.6 is 15.9 Å². The molecule has 1 saturated carbocycles. The second kappa shape index (κ2) is 6.69. The Morgan fingerprint density at radius 3 is 2.50 bits per heavy atom. The molecule has 18 heavy (non-hydrogen) atoms. The maximum Gasteiger partial charge on any atom is 0.0307 e. The molecule has 0 aromatic heterocycles. The predicted molar refractivity (Wildman–Crippen MR) is 80.6 cm³/mol. The molecule has 1 fully saturated rings. The molecule has 1 unspecified atom stereocenters. The minimum atomic E-state index is 0.163. The first-order valence-electron chi connectivity index (χ1n) is 6.95. The topological polar surface area (TPSA) is 29.3 Å². The summed E-state index contributed by atoms with van der Waals surface area (Å²) in [5.74, 6) is 0. The van der Waals surface area contributed by atoms with Gasteiger partial charge >= 0.3 is 0 Å². The van der Waals surface area contributed by atoms with Crippen molar-refractivity contribution in [2.24, 2.45) is 5.73 Å². The highest BCUT2D eigenvalue weighted by Crippen LogP contribution is 2.28. The van der Waals surface area contributed by atoms with Crippen molar-refractivity contribution in [2.45, 2.75) is 44.7 Å². The quantitative estimate of drug-likeness (QED) is 0.831. The number of benzene rings is 1. The molecule has 0 radical (unpaired) electrons. The van der Waals surface area contributed by atoms with E-state index in [9.17, 15) is 0 Å². The van der Waals surface area contributed by atoms with Crippen LogP contribution in [0.3, 0.4) is 0 Å². The van der Waals surface area contributed by atoms with E-state index in [1.807, 2.05) is 0 Å². The molecule has 1 atom stereocenters. The van der Waals surface area contributed by atoms with E-state index in [-0.39, 0.29) is 6.04 Å². The lowest BCUT2D eigenvalue weighted by Gasteiger charge is -2.23. The predicted octanol–water partition coefficient (Wildman–Crippen LogP) is 3.71. The van der Waals surface area contributed by atoms with Gasteiger partial charge in [0, 0.05) is 23.1 Å². The van der Waals surface area contributed by atoms with Crippen LogP contribution in [0, 0.1) is 0 Å². The van der Waals surface area contributed by atoms with Gasteiger partial charge in [-0.05, 0) is 49.9 Å². The molecule has 2 nitrogen and oxygen atoms in total. The molecule has 100 valence electrons. The fourth-order valence-corrected chi connectivity index (χ4v) is 2.65. The molecule has 1 aliphatic rings. The Balaban J connectivity index is 1.82. The highest BCUT2D eigenvalue weighted by Gasteiger charge is 2.28. The van der Waals surface area contributed by atoms with Gasteiger partial charge < -0.3 is 10.6 Å². The van der Waals surface area contributed by atoms with E-state index < -0.39 is 0 Å². The summed E-state index contributed by atoms with van der Waals surface area (Å²) in [5.41, 5.74) is 7.51. The highest BCUT2D eigenvalue weighted by atomic mass is 79.9. The Morgan fingerprint density at radius 2 is 1.94 bits per heavy atom. The van der Waals surface area contributed by atoms with Crippen LogP contribution in [0.4, 0.5) is 0 Å². The molecule has 0 bridgehead atoms. The van der Waals surface area contributed by atoms with Gasteiger partial charge in [0.1, 0.15) is 0 Å². The maximum absolute atomic E-state index is 6.27. The Bertz CT molecular complexity index is 359. The smallest absolute Gasteiger partial charge is 0.0307 e. The van der Waals surface area contributed by atoms with Crippen molar-refractivity contribution < 1.29 is 0 Å². The van der Waals surface area contributed by atoms with Crippen molar-refractivity contribution in [3.63, 3.8) is 0 Å². The normalized spacial score (nSPS) is 17.1. The van der Waals surface area contributed by atoms with E-state index in [0.29, 0.717) is 0 Å². The lowest BCUT2D eigenvalue weighted by molar-refractivity contribution is 0.253. The monoisotopic (exact) mass is 310 g/mol. The van der Waals surface area contributed by atoms with Gasteiger partial charge in [0.25, 0.3) is 0 Å². The standard InChI is InChI=1S/C15H23BrN2/c1-2-10-18(14-7-8-14)11-9-15(17)12-3-5-13(16)6-4-12/h3-6,14-15H,2,7-11,17H2,1H3. The van der Waals surface area contributed by atoms with Gasteiger partial charge in [-0.25, -0.2) is 0 Å². The van der Waals surface area contributed by atoms with Crippen LogP contribution in [-0.4, -0.2) is 24.0 Å². The van der Waals surface area contributed by atoms with Crippen molar-refractivity contribution in [2.75, 3.05) is 13.1 Å². The van der Waals surface area contributed by atoms with Gasteiger partial charge in [-0.15, -0.1) is 0 Å². The first-order chi connectivity index (χ1) is 8.70. The summed E-state index contributed by atoms with van der Waals surface area (Å²) in [4.78, 5) is 2.61. The van der Waals surface area contributed by atoms with Crippen molar-refractivity contribution in [1.82, 2.24) is 4.90 Å². The Morgan fingerprint density at radius 1 is 1.28 bits per heavy atom. The number of halogens is 1. The first kappa shape index (κ1) is 14.0. The Hall–Kier alpha value is -0.380. The fourth-order valence-electron chi connectivity index (χ4n) is 2.39. The van der Waals surface area contributed by atoms with Gasteiger partial charge in [-0.2, -0.15) is 0 Å². The molecule has 3 heteroatoms. The second-order valence-corrected chi connectivity index (χ2v) is 6.13. The summed E-state index contributed by atoms with van der Waals surface area (Å²) >= 11 is 3.46. The Kier molecular flexibility index (Phi) is 5.22. The van der Waals surface area contributed by atoms with E-state index in [2.05, 4.69) is 52.0 Å². The van der Waals surface area contributed by atoms with Crippen molar-refractivity contribution >= 4 is 15.9 Å². The largest absolute Gasteiger partial charge is 0.324 e. The molecule has 0 heterocycles. The van der Waals surface area contributed by atoms with Gasteiger partial charge in [-0.3, -0.25) is 0 Å². The summed E-state index contributed by atoms with van der Waals surface area (Å²) in [5, 5.41) is 0. The zero-order valence-electron chi connectivity index (χ0n) is 11.1. The minimum absolute atomic E-state index is 0.163. The molecule has 2 rings (SSSR count). The van der Waals surface area contributed by atoms with Crippen LogP contribution in [0.5, 0.6) is 0 Å². The molecule has 2 N–H and O–H groups in total. The highest BCUT2D eigenvalue weighted by molar-refractivity contribution is 9.10. The third-order valence-electron chi connectivity index (χ3n) is 3.60. The Labute approximate surface area is 119 Å². The molecule has 0 aliphatic heterocycles. The van der Waals surface area contributed by atoms with Gasteiger partial charge in [-0.1, -0.05) is 35.0 Å². The van der Waals surface area contributed by atoms with E-state index >= 15 is 0 Å². The van der Waals surface area contributed by atoms with E-state index in [1.165, 1.54) is 31.4 Å². The average Bonchev–Trinajstić information content (AvgIpc) is 3.19. The van der Waals surface area contributed by atoms with E-state index in [4.69, 9.17) is 5.73 Å². The molecule has 1 aromatic rings. The molecule has 0 saturated heterocycles. The van der Waals surface area contributed by atoms with Crippen LogP contribution in [0.15, 0.2) is 28.7 Å². The molecular formula is C15H23BrN2. The van der Waals surface area contributed by atoms with Crippen LogP contribution in [0.25, 0.3) is 0 Å². The summed E-state index contributed by atoms with van der Waals surface area (Å²) in [7, 11) is 0. The average molecular weight is 311 g/mol. The zero-order valence-corrected chi connectivity index (χ0v) is 12.7. The van der Waals surface area contributed by atoms with Gasteiger partial charge in [0.05, 0.1) is 0 Å². The van der Waals surface area contributed by atoms with E-state index in [1.54, 1.807) is 0 Å². The molecule has 1 aliphatic carbocycles. The van der Waals surface area contributed by atoms with Crippen molar-refractivity contribution in [3.05, 3.63) is 34.3 Å². The zero-order chi connectivity index (χ0) is 13.0. The summed E-state index contributed by atoms with van der Waals surface area (Å²) in [6.07, 6.45) is 5.06. The number of hydrogen-bond acceptors (Lipinski definition) is 2. The van der Waals surface area contributed by atoms with Gasteiger partial charge in [0.15, 0.2) is 0 Å². The molecule has 0 amide bonds. The second-order valence-electron chi connectivity index (χ2n) is 5.21. The maximum atomic E-state index is 6.27. The van der Waals surface area contributed by atoms with Crippen molar-refractivity contribution in [1.29, 1.82) is 0 Å². The summed E-state index contributed by atoms with van der Waals surface area (Å²) < 4.78 is 1.11. The van der Waals surface area contributed by atoms with Gasteiger partial charge in [0.2, 0.25) is 0 Å².